The van der Waals surface area contributed by atoms with Crippen LogP contribution in [-0.4, -0.2) is 17.6 Å². The zero-order chi connectivity index (χ0) is 15.0. The quantitative estimate of drug-likeness (QED) is 0.689. The summed E-state index contributed by atoms with van der Waals surface area (Å²) in [5, 5.41) is 0.673. The monoisotopic (exact) mass is 417 g/mol. The minimum Gasteiger partial charge on any atom is -0.369 e. The van der Waals surface area contributed by atoms with Crippen molar-refractivity contribution in [2.45, 2.75) is 37.8 Å². The first-order chi connectivity index (χ1) is 10.0. The number of rotatable bonds is 1. The van der Waals surface area contributed by atoms with Gasteiger partial charge in [-0.2, -0.15) is 4.99 Å². The van der Waals surface area contributed by atoms with Gasteiger partial charge < -0.3 is 11.5 Å². The summed E-state index contributed by atoms with van der Waals surface area (Å²) in [6, 6.07) is 5.76. The number of nitrogens with zero attached hydrogens (tertiary/aromatic N) is 3. The van der Waals surface area contributed by atoms with E-state index in [0.717, 1.165) is 34.9 Å². The van der Waals surface area contributed by atoms with E-state index in [4.69, 9.17) is 23.1 Å². The summed E-state index contributed by atoms with van der Waals surface area (Å²) in [6.45, 7) is 0. The van der Waals surface area contributed by atoms with E-state index in [1.807, 2.05) is 23.1 Å². The summed E-state index contributed by atoms with van der Waals surface area (Å²) in [4.78, 5) is 10.8. The standard InChI is InChI=1S/C14H17ClIN5/c15-9-4-5-10(16)11(8-9)21-13(18)19-12(17)20-14(21)6-2-1-3-7-14/h4-5,8H,1-3,6-7H2,(H4,17,18,19,20). The van der Waals surface area contributed by atoms with Crippen molar-refractivity contribution in [3.8, 4) is 0 Å². The molecule has 1 aromatic carbocycles. The van der Waals surface area contributed by atoms with Crippen molar-refractivity contribution in [3.05, 3.63) is 26.8 Å². The maximum Gasteiger partial charge on any atom is 0.220 e. The Morgan fingerprint density at radius 1 is 1.19 bits per heavy atom. The highest BCUT2D eigenvalue weighted by Gasteiger charge is 2.43. The van der Waals surface area contributed by atoms with Crippen LogP contribution in [0.15, 0.2) is 28.2 Å². The minimum atomic E-state index is -0.418. The second-order valence-electron chi connectivity index (χ2n) is 5.41. The SMILES string of the molecule is NC1=NC2(CCCCC2)N(c2cc(Cl)ccc2I)C(N)=N1. The molecular weight excluding hydrogens is 401 g/mol. The predicted octanol–water partition coefficient (Wildman–Crippen LogP) is 3.05. The summed E-state index contributed by atoms with van der Waals surface area (Å²) < 4.78 is 1.07. The average Bonchev–Trinajstić information content (AvgIpc) is 2.42. The zero-order valence-corrected chi connectivity index (χ0v) is 14.4. The molecule has 1 aliphatic heterocycles. The topological polar surface area (TPSA) is 80.0 Å². The number of halogens is 2. The normalized spacial score (nSPS) is 21.1. The van der Waals surface area contributed by atoms with Gasteiger partial charge in [0.2, 0.25) is 11.9 Å². The first-order valence-electron chi connectivity index (χ1n) is 6.97. The summed E-state index contributed by atoms with van der Waals surface area (Å²) in [7, 11) is 0. The summed E-state index contributed by atoms with van der Waals surface area (Å²) in [5.41, 5.74) is 12.6. The molecule has 3 rings (SSSR count). The van der Waals surface area contributed by atoms with E-state index < -0.39 is 5.66 Å². The molecule has 0 amide bonds. The van der Waals surface area contributed by atoms with Crippen LogP contribution in [0, 0.1) is 3.57 Å². The van der Waals surface area contributed by atoms with Gasteiger partial charge in [-0.25, -0.2) is 4.99 Å². The Balaban J connectivity index is 2.13. The third kappa shape index (κ3) is 2.70. The molecule has 0 atom stereocenters. The van der Waals surface area contributed by atoms with Crippen molar-refractivity contribution in [3.63, 3.8) is 0 Å². The van der Waals surface area contributed by atoms with Crippen molar-refractivity contribution in [1.82, 2.24) is 0 Å². The Labute approximate surface area is 142 Å². The molecule has 1 spiro atoms. The summed E-state index contributed by atoms with van der Waals surface area (Å²) in [5.74, 6) is 0.660. The molecule has 0 bridgehead atoms. The number of guanidine groups is 2. The van der Waals surface area contributed by atoms with Crippen molar-refractivity contribution in [2.24, 2.45) is 21.5 Å². The lowest BCUT2D eigenvalue weighted by atomic mass is 9.87. The highest BCUT2D eigenvalue weighted by atomic mass is 127. The average molecular weight is 418 g/mol. The van der Waals surface area contributed by atoms with Gasteiger partial charge in [0.1, 0.15) is 5.66 Å². The predicted molar refractivity (Wildman–Crippen MR) is 95.7 cm³/mol. The minimum absolute atomic E-state index is 0.266. The fraction of sp³-hybridized carbons (Fsp3) is 0.429. The number of anilines is 1. The van der Waals surface area contributed by atoms with Crippen LogP contribution in [0.2, 0.25) is 5.02 Å². The van der Waals surface area contributed by atoms with Gasteiger partial charge in [-0.05, 0) is 66.5 Å². The zero-order valence-electron chi connectivity index (χ0n) is 11.5. The van der Waals surface area contributed by atoms with E-state index in [9.17, 15) is 0 Å². The molecule has 0 aromatic heterocycles. The number of hydrogen-bond donors (Lipinski definition) is 2. The van der Waals surface area contributed by atoms with Crippen molar-refractivity contribution in [1.29, 1.82) is 0 Å². The van der Waals surface area contributed by atoms with Crippen LogP contribution < -0.4 is 16.4 Å². The van der Waals surface area contributed by atoms with Crippen LogP contribution in [0.25, 0.3) is 0 Å². The van der Waals surface area contributed by atoms with Crippen LogP contribution in [-0.2, 0) is 0 Å². The molecule has 1 saturated carbocycles. The van der Waals surface area contributed by atoms with E-state index in [2.05, 4.69) is 32.6 Å². The second kappa shape index (κ2) is 5.64. The second-order valence-corrected chi connectivity index (χ2v) is 7.01. The Morgan fingerprint density at radius 3 is 2.62 bits per heavy atom. The summed E-state index contributed by atoms with van der Waals surface area (Å²) >= 11 is 8.45. The summed E-state index contributed by atoms with van der Waals surface area (Å²) in [6.07, 6.45) is 5.28. The molecule has 0 unspecified atom stereocenters. The molecule has 0 radical (unpaired) electrons. The van der Waals surface area contributed by atoms with Crippen molar-refractivity contribution < 1.29 is 0 Å². The molecule has 21 heavy (non-hydrogen) atoms. The Hall–Kier alpha value is -1.02. The molecule has 1 aromatic rings. The third-order valence-corrected chi connectivity index (χ3v) is 5.15. The smallest absolute Gasteiger partial charge is 0.220 e. The lowest BCUT2D eigenvalue weighted by Crippen LogP contribution is -2.58. The molecule has 2 aliphatic rings. The Bertz CT molecular complexity index is 622. The molecule has 5 nitrogen and oxygen atoms in total. The van der Waals surface area contributed by atoms with E-state index in [0.29, 0.717) is 11.0 Å². The largest absolute Gasteiger partial charge is 0.369 e. The highest BCUT2D eigenvalue weighted by Crippen LogP contribution is 2.41. The molecule has 1 aliphatic carbocycles. The van der Waals surface area contributed by atoms with Gasteiger partial charge >= 0.3 is 0 Å². The number of aliphatic imine (C=N–C) groups is 2. The molecule has 112 valence electrons. The van der Waals surface area contributed by atoms with Gasteiger partial charge in [0.15, 0.2) is 0 Å². The van der Waals surface area contributed by atoms with Gasteiger partial charge in [0.25, 0.3) is 0 Å². The molecular formula is C14H17ClIN5. The fourth-order valence-corrected chi connectivity index (χ4v) is 3.87. The third-order valence-electron chi connectivity index (χ3n) is 4.00. The van der Waals surface area contributed by atoms with Gasteiger partial charge in [-0.15, -0.1) is 0 Å². The molecule has 1 fully saturated rings. The van der Waals surface area contributed by atoms with Crippen molar-refractivity contribution in [2.75, 3.05) is 4.90 Å². The van der Waals surface area contributed by atoms with Gasteiger partial charge in [-0.1, -0.05) is 18.0 Å². The van der Waals surface area contributed by atoms with E-state index in [1.54, 1.807) is 0 Å². The maximum absolute atomic E-state index is 6.19. The molecule has 0 saturated heterocycles. The number of benzene rings is 1. The first kappa shape index (κ1) is 14.9. The molecule has 1 heterocycles. The van der Waals surface area contributed by atoms with Gasteiger partial charge in [0.05, 0.1) is 5.69 Å². The van der Waals surface area contributed by atoms with Crippen LogP contribution in [0.5, 0.6) is 0 Å². The number of nitrogens with two attached hydrogens (primary N) is 2. The first-order valence-corrected chi connectivity index (χ1v) is 8.42. The lowest BCUT2D eigenvalue weighted by Gasteiger charge is -2.46. The highest BCUT2D eigenvalue weighted by molar-refractivity contribution is 14.1. The molecule has 4 N–H and O–H groups in total. The lowest BCUT2D eigenvalue weighted by molar-refractivity contribution is 0.305. The Kier molecular flexibility index (Phi) is 4.00. The number of hydrogen-bond acceptors (Lipinski definition) is 5. The van der Waals surface area contributed by atoms with E-state index in [1.165, 1.54) is 6.42 Å². The van der Waals surface area contributed by atoms with Crippen LogP contribution >= 0.6 is 34.2 Å². The van der Waals surface area contributed by atoms with Gasteiger partial charge in [-0.3, -0.25) is 4.90 Å². The van der Waals surface area contributed by atoms with Gasteiger partial charge in [0, 0.05) is 8.59 Å². The van der Waals surface area contributed by atoms with E-state index in [-0.39, 0.29) is 5.96 Å². The molecule has 7 heteroatoms. The van der Waals surface area contributed by atoms with Crippen LogP contribution in [0.3, 0.4) is 0 Å². The Morgan fingerprint density at radius 2 is 1.90 bits per heavy atom. The van der Waals surface area contributed by atoms with Crippen molar-refractivity contribution >= 4 is 51.8 Å². The van der Waals surface area contributed by atoms with Crippen LogP contribution in [0.1, 0.15) is 32.1 Å². The van der Waals surface area contributed by atoms with E-state index >= 15 is 0 Å². The fourth-order valence-electron chi connectivity index (χ4n) is 3.13. The van der Waals surface area contributed by atoms with Crippen LogP contribution in [0.4, 0.5) is 5.69 Å². The maximum atomic E-state index is 6.19.